The Labute approximate surface area is 72.9 Å². The Kier molecular flexibility index (Phi) is 3.07. The van der Waals surface area contributed by atoms with E-state index in [0.717, 1.165) is 10.2 Å². The van der Waals surface area contributed by atoms with Crippen molar-refractivity contribution in [1.29, 1.82) is 0 Å². The van der Waals surface area contributed by atoms with Crippen LogP contribution in [-0.2, 0) is 0 Å². The van der Waals surface area contributed by atoms with Crippen LogP contribution in [0.5, 0.6) is 0 Å². The number of hydroxylamine groups is 1. The Bertz CT molecular complexity index is 262. The van der Waals surface area contributed by atoms with Crippen molar-refractivity contribution in [3.8, 4) is 0 Å². The van der Waals surface area contributed by atoms with Gasteiger partial charge in [-0.05, 0) is 18.2 Å². The van der Waals surface area contributed by atoms with Gasteiger partial charge < -0.3 is 0 Å². The zero-order valence-electron chi connectivity index (χ0n) is 5.66. The number of benzene rings is 1. The van der Waals surface area contributed by atoms with Crippen molar-refractivity contribution < 1.29 is 5.21 Å². The Morgan fingerprint density at radius 1 is 1.55 bits per heavy atom. The first-order valence-electron chi connectivity index (χ1n) is 3.00. The van der Waals surface area contributed by atoms with Crippen molar-refractivity contribution in [1.82, 2.24) is 5.48 Å². The van der Waals surface area contributed by atoms with Crippen LogP contribution in [0.25, 0.3) is 0 Å². The normalized spacial score (nSPS) is 10.4. The summed E-state index contributed by atoms with van der Waals surface area (Å²) in [5.41, 5.74) is 2.61. The predicted molar refractivity (Wildman–Crippen MR) is 47.2 cm³/mol. The lowest BCUT2D eigenvalue weighted by Crippen LogP contribution is -2.00. The van der Waals surface area contributed by atoms with E-state index in [1.54, 1.807) is 0 Å². The maximum atomic E-state index is 8.19. The fourth-order valence-electron chi connectivity index (χ4n) is 0.660. The van der Waals surface area contributed by atoms with Gasteiger partial charge in [-0.3, -0.25) is 10.7 Å². The van der Waals surface area contributed by atoms with E-state index in [0.29, 0.717) is 0 Å². The summed E-state index contributed by atoms with van der Waals surface area (Å²) in [6, 6.07) is 7.45. The average molecular weight is 215 g/mol. The molecule has 0 fully saturated rings. The monoisotopic (exact) mass is 214 g/mol. The molecular weight excluding hydrogens is 208 g/mol. The van der Waals surface area contributed by atoms with Crippen LogP contribution >= 0.6 is 15.9 Å². The van der Waals surface area contributed by atoms with E-state index in [9.17, 15) is 0 Å². The van der Waals surface area contributed by atoms with E-state index in [2.05, 4.69) is 20.9 Å². The molecule has 0 aliphatic carbocycles. The van der Waals surface area contributed by atoms with Gasteiger partial charge in [0.15, 0.2) is 0 Å². The summed E-state index contributed by atoms with van der Waals surface area (Å²) >= 11 is 3.30. The molecule has 0 spiro atoms. The second-order valence-electron chi connectivity index (χ2n) is 1.87. The summed E-state index contributed by atoms with van der Waals surface area (Å²) in [6.07, 6.45) is 1.21. The van der Waals surface area contributed by atoms with Crippen molar-refractivity contribution in [2.75, 3.05) is 0 Å². The Morgan fingerprint density at radius 2 is 2.36 bits per heavy atom. The Morgan fingerprint density at radius 3 is 3.00 bits per heavy atom. The minimum Gasteiger partial charge on any atom is -0.290 e. The van der Waals surface area contributed by atoms with Crippen molar-refractivity contribution in [2.24, 2.45) is 4.99 Å². The van der Waals surface area contributed by atoms with Gasteiger partial charge in [0.2, 0.25) is 0 Å². The predicted octanol–water partition coefficient (Wildman–Crippen LogP) is 2.09. The average Bonchev–Trinajstić information content (AvgIpc) is 2.01. The van der Waals surface area contributed by atoms with Crippen LogP contribution < -0.4 is 5.48 Å². The second-order valence-corrected chi connectivity index (χ2v) is 2.78. The van der Waals surface area contributed by atoms with E-state index in [1.165, 1.54) is 6.34 Å². The molecule has 4 heteroatoms. The highest BCUT2D eigenvalue weighted by Gasteiger charge is 1.87. The third-order valence-corrected chi connectivity index (χ3v) is 1.57. The summed E-state index contributed by atoms with van der Waals surface area (Å²) in [7, 11) is 0. The maximum Gasteiger partial charge on any atom is 0.113 e. The van der Waals surface area contributed by atoms with E-state index in [1.807, 2.05) is 29.7 Å². The Hall–Kier alpha value is -0.870. The first kappa shape index (κ1) is 8.23. The van der Waals surface area contributed by atoms with Gasteiger partial charge in [-0.2, -0.15) is 0 Å². The minimum absolute atomic E-state index is 0.779. The summed E-state index contributed by atoms with van der Waals surface area (Å²) < 4.78 is 0.963. The number of hydrogen-bond donors (Lipinski definition) is 2. The summed E-state index contributed by atoms with van der Waals surface area (Å²) in [5, 5.41) is 8.19. The highest BCUT2D eigenvalue weighted by molar-refractivity contribution is 9.10. The maximum absolute atomic E-state index is 8.19. The van der Waals surface area contributed by atoms with Crippen molar-refractivity contribution >= 4 is 28.0 Å². The SMILES string of the molecule is ONC=Nc1cccc(Br)c1. The third kappa shape index (κ3) is 2.69. The number of aliphatic imine (C=N–C) groups is 1. The largest absolute Gasteiger partial charge is 0.290 e. The van der Waals surface area contributed by atoms with E-state index >= 15 is 0 Å². The molecule has 1 aromatic rings. The third-order valence-electron chi connectivity index (χ3n) is 1.08. The molecule has 58 valence electrons. The van der Waals surface area contributed by atoms with Gasteiger partial charge in [-0.1, -0.05) is 22.0 Å². The molecule has 0 radical (unpaired) electrons. The highest BCUT2D eigenvalue weighted by Crippen LogP contribution is 2.17. The minimum atomic E-state index is 0.779. The van der Waals surface area contributed by atoms with E-state index in [-0.39, 0.29) is 0 Å². The smallest absolute Gasteiger partial charge is 0.113 e. The molecule has 0 saturated heterocycles. The first-order valence-corrected chi connectivity index (χ1v) is 3.80. The van der Waals surface area contributed by atoms with Crippen LogP contribution in [0.2, 0.25) is 0 Å². The van der Waals surface area contributed by atoms with E-state index in [4.69, 9.17) is 5.21 Å². The van der Waals surface area contributed by atoms with Crippen molar-refractivity contribution in [3.05, 3.63) is 28.7 Å². The standard InChI is InChI=1S/C7H7BrN2O/c8-6-2-1-3-7(4-6)9-5-10-11/h1-5,11H,(H,9,10). The van der Waals surface area contributed by atoms with Crippen molar-refractivity contribution in [3.63, 3.8) is 0 Å². The van der Waals surface area contributed by atoms with Gasteiger partial charge in [0.1, 0.15) is 6.34 Å². The van der Waals surface area contributed by atoms with Crippen LogP contribution in [0.4, 0.5) is 5.69 Å². The number of halogens is 1. The molecule has 0 bridgehead atoms. The summed E-state index contributed by atoms with van der Waals surface area (Å²) in [5.74, 6) is 0. The van der Waals surface area contributed by atoms with Crippen LogP contribution in [0.1, 0.15) is 0 Å². The highest BCUT2D eigenvalue weighted by atomic mass is 79.9. The summed E-state index contributed by atoms with van der Waals surface area (Å²) in [4.78, 5) is 3.87. The quantitative estimate of drug-likeness (QED) is 0.450. The fourth-order valence-corrected chi connectivity index (χ4v) is 1.05. The molecule has 1 aromatic carbocycles. The van der Waals surface area contributed by atoms with Gasteiger partial charge >= 0.3 is 0 Å². The zero-order chi connectivity index (χ0) is 8.10. The fraction of sp³-hybridized carbons (Fsp3) is 0. The lowest BCUT2D eigenvalue weighted by atomic mass is 10.3. The van der Waals surface area contributed by atoms with Gasteiger partial charge in [0, 0.05) is 4.47 Å². The number of nitrogens with one attached hydrogen (secondary N) is 1. The van der Waals surface area contributed by atoms with Crippen LogP contribution in [-0.4, -0.2) is 11.5 Å². The molecule has 0 heterocycles. The number of hydrogen-bond acceptors (Lipinski definition) is 2. The molecule has 0 atom stereocenters. The molecule has 3 nitrogen and oxygen atoms in total. The lowest BCUT2D eigenvalue weighted by Gasteiger charge is -1.92. The van der Waals surface area contributed by atoms with Crippen molar-refractivity contribution in [2.45, 2.75) is 0 Å². The molecule has 1 rings (SSSR count). The van der Waals surface area contributed by atoms with Gasteiger partial charge in [0.25, 0.3) is 0 Å². The number of rotatable bonds is 2. The van der Waals surface area contributed by atoms with Crippen LogP contribution in [0.3, 0.4) is 0 Å². The molecule has 0 aliphatic heterocycles. The molecule has 0 unspecified atom stereocenters. The van der Waals surface area contributed by atoms with E-state index < -0.39 is 0 Å². The van der Waals surface area contributed by atoms with Gasteiger partial charge in [0.05, 0.1) is 5.69 Å². The molecule has 11 heavy (non-hydrogen) atoms. The summed E-state index contributed by atoms with van der Waals surface area (Å²) in [6.45, 7) is 0. The lowest BCUT2D eigenvalue weighted by molar-refractivity contribution is 0.240. The molecule has 2 N–H and O–H groups in total. The molecule has 0 aliphatic rings. The number of nitrogens with zero attached hydrogens (tertiary/aromatic N) is 1. The Balaban J connectivity index is 2.79. The second kappa shape index (κ2) is 4.10. The topological polar surface area (TPSA) is 44.6 Å². The van der Waals surface area contributed by atoms with Gasteiger partial charge in [-0.15, -0.1) is 0 Å². The molecule has 0 aromatic heterocycles. The first-order chi connectivity index (χ1) is 5.33. The molecule has 0 saturated carbocycles. The van der Waals surface area contributed by atoms with Crippen LogP contribution in [0.15, 0.2) is 33.7 Å². The zero-order valence-corrected chi connectivity index (χ0v) is 7.25. The van der Waals surface area contributed by atoms with Gasteiger partial charge in [-0.25, -0.2) is 4.99 Å². The molecule has 0 amide bonds. The van der Waals surface area contributed by atoms with Crippen LogP contribution in [0, 0.1) is 0 Å². The molecular formula is C7H7BrN2O.